The van der Waals surface area contributed by atoms with Gasteiger partial charge < -0.3 is 9.47 Å². The van der Waals surface area contributed by atoms with Crippen LogP contribution >= 0.6 is 12.2 Å². The van der Waals surface area contributed by atoms with Crippen molar-refractivity contribution >= 4 is 29.1 Å². The Morgan fingerprint density at radius 1 is 0.800 bits per heavy atom. The van der Waals surface area contributed by atoms with Crippen molar-refractivity contribution in [1.29, 1.82) is 0 Å². The first-order chi connectivity index (χ1) is 17.1. The van der Waals surface area contributed by atoms with E-state index >= 15 is 0 Å². The average Bonchev–Trinajstić information content (AvgIpc) is 2.89. The molecular formula is C27H29N3O4S. The summed E-state index contributed by atoms with van der Waals surface area (Å²) in [6.07, 6.45) is 3.06. The molecule has 3 N–H and O–H groups in total. The Morgan fingerprint density at radius 3 is 2.23 bits per heavy atom. The zero-order valence-electron chi connectivity index (χ0n) is 19.6. The third kappa shape index (κ3) is 8.42. The van der Waals surface area contributed by atoms with Gasteiger partial charge in [0.1, 0.15) is 11.5 Å². The van der Waals surface area contributed by atoms with Crippen molar-refractivity contribution in [2.75, 3.05) is 13.2 Å². The van der Waals surface area contributed by atoms with E-state index in [9.17, 15) is 9.59 Å². The van der Waals surface area contributed by atoms with Crippen LogP contribution in [0, 0.1) is 0 Å². The standard InChI is InChI=1S/C27H29N3O4S/c1-2-3-9-18-33-24-13-8-7-12-23(24)26(32)28-27(35)30-29-25(31)19-34-22-16-14-21(15-17-22)20-10-5-4-6-11-20/h4-8,10-17H,2-3,9,18-19H2,1H3,(H,29,31)(H2,28,30,32,35). The molecule has 3 rings (SSSR count). The SMILES string of the molecule is CCCCCOc1ccccc1C(=O)NC(=S)NNC(=O)COc1ccc(-c2ccccc2)cc1. The van der Waals surface area contributed by atoms with Crippen LogP contribution in [0.25, 0.3) is 11.1 Å². The van der Waals surface area contributed by atoms with Crippen molar-refractivity contribution in [3.63, 3.8) is 0 Å². The van der Waals surface area contributed by atoms with Gasteiger partial charge in [-0.2, -0.15) is 0 Å². The normalized spacial score (nSPS) is 10.2. The van der Waals surface area contributed by atoms with Crippen LogP contribution in [-0.2, 0) is 4.79 Å². The molecule has 0 fully saturated rings. The zero-order chi connectivity index (χ0) is 24.9. The van der Waals surface area contributed by atoms with E-state index in [0.717, 1.165) is 30.4 Å². The second-order valence-corrected chi connectivity index (χ2v) is 8.10. The van der Waals surface area contributed by atoms with Gasteiger partial charge in [-0.15, -0.1) is 0 Å². The maximum Gasteiger partial charge on any atom is 0.276 e. The minimum absolute atomic E-state index is 0.0450. The highest BCUT2D eigenvalue weighted by molar-refractivity contribution is 7.80. The molecule has 0 heterocycles. The van der Waals surface area contributed by atoms with Crippen molar-refractivity contribution in [1.82, 2.24) is 16.2 Å². The summed E-state index contributed by atoms with van der Waals surface area (Å²) in [7, 11) is 0. The van der Waals surface area contributed by atoms with Crippen molar-refractivity contribution < 1.29 is 19.1 Å². The summed E-state index contributed by atoms with van der Waals surface area (Å²) in [5.41, 5.74) is 7.43. The first-order valence-electron chi connectivity index (χ1n) is 11.5. The number of ether oxygens (including phenoxy) is 2. The van der Waals surface area contributed by atoms with E-state index in [-0.39, 0.29) is 11.7 Å². The van der Waals surface area contributed by atoms with E-state index in [0.29, 0.717) is 23.7 Å². The van der Waals surface area contributed by atoms with Crippen LogP contribution in [0.15, 0.2) is 78.9 Å². The lowest BCUT2D eigenvalue weighted by molar-refractivity contribution is -0.123. The summed E-state index contributed by atoms with van der Waals surface area (Å²) >= 11 is 5.11. The molecule has 0 bridgehead atoms. The lowest BCUT2D eigenvalue weighted by Gasteiger charge is -2.13. The third-order valence-corrected chi connectivity index (χ3v) is 5.22. The van der Waals surface area contributed by atoms with Gasteiger partial charge in [-0.3, -0.25) is 25.8 Å². The molecule has 0 aliphatic heterocycles. The number of rotatable bonds is 10. The number of hydrogen-bond acceptors (Lipinski definition) is 5. The lowest BCUT2D eigenvalue weighted by atomic mass is 10.1. The van der Waals surface area contributed by atoms with Crippen LogP contribution < -0.4 is 25.6 Å². The van der Waals surface area contributed by atoms with Crippen LogP contribution in [0.5, 0.6) is 11.5 Å². The summed E-state index contributed by atoms with van der Waals surface area (Å²) in [6, 6.07) is 24.4. The number of carbonyl (C=O) groups is 2. The molecule has 0 aliphatic rings. The fraction of sp³-hybridized carbons (Fsp3) is 0.222. The Morgan fingerprint density at radius 2 is 1.49 bits per heavy atom. The molecule has 0 saturated carbocycles. The van der Waals surface area contributed by atoms with Crippen molar-refractivity contribution in [3.05, 3.63) is 84.4 Å². The molecule has 7 nitrogen and oxygen atoms in total. The van der Waals surface area contributed by atoms with Gasteiger partial charge >= 0.3 is 0 Å². The Bertz CT molecular complexity index is 1120. The van der Waals surface area contributed by atoms with Crippen LogP contribution in [0.1, 0.15) is 36.5 Å². The van der Waals surface area contributed by atoms with Gasteiger partial charge in [-0.25, -0.2) is 0 Å². The van der Waals surface area contributed by atoms with Gasteiger partial charge in [0, 0.05) is 0 Å². The van der Waals surface area contributed by atoms with Gasteiger partial charge in [0.15, 0.2) is 11.7 Å². The molecule has 0 saturated heterocycles. The van der Waals surface area contributed by atoms with E-state index in [1.165, 1.54) is 0 Å². The van der Waals surface area contributed by atoms with E-state index in [1.807, 2.05) is 42.5 Å². The summed E-state index contributed by atoms with van der Waals surface area (Å²) in [5.74, 6) is 0.164. The Hall–Kier alpha value is -3.91. The molecule has 182 valence electrons. The predicted molar refractivity (Wildman–Crippen MR) is 140 cm³/mol. The van der Waals surface area contributed by atoms with Crippen molar-refractivity contribution in [3.8, 4) is 22.6 Å². The molecule has 2 amide bonds. The number of carbonyl (C=O) groups excluding carboxylic acids is 2. The quantitative estimate of drug-likeness (QED) is 0.218. The number of benzene rings is 3. The highest BCUT2D eigenvalue weighted by atomic mass is 32.1. The van der Waals surface area contributed by atoms with E-state index in [2.05, 4.69) is 23.1 Å². The minimum atomic E-state index is -0.451. The largest absolute Gasteiger partial charge is 0.493 e. The molecule has 0 atom stereocenters. The van der Waals surface area contributed by atoms with Crippen LogP contribution in [-0.4, -0.2) is 30.1 Å². The van der Waals surface area contributed by atoms with E-state index < -0.39 is 11.8 Å². The number of thiocarbonyl (C=S) groups is 1. The molecule has 8 heteroatoms. The number of unbranched alkanes of at least 4 members (excludes halogenated alkanes) is 2. The molecular weight excluding hydrogens is 462 g/mol. The summed E-state index contributed by atoms with van der Waals surface area (Å²) in [6.45, 7) is 2.43. The maximum atomic E-state index is 12.6. The fourth-order valence-electron chi connectivity index (χ4n) is 3.20. The minimum Gasteiger partial charge on any atom is -0.493 e. The van der Waals surface area contributed by atoms with E-state index in [4.69, 9.17) is 21.7 Å². The summed E-state index contributed by atoms with van der Waals surface area (Å²) < 4.78 is 11.2. The second kappa shape index (κ2) is 13.7. The number of hydrazine groups is 1. The third-order valence-electron chi connectivity index (χ3n) is 5.01. The highest BCUT2D eigenvalue weighted by Gasteiger charge is 2.14. The maximum absolute atomic E-state index is 12.6. The molecule has 35 heavy (non-hydrogen) atoms. The average molecular weight is 492 g/mol. The van der Waals surface area contributed by atoms with E-state index in [1.54, 1.807) is 36.4 Å². The van der Waals surface area contributed by atoms with Crippen LogP contribution in [0.3, 0.4) is 0 Å². The van der Waals surface area contributed by atoms with Crippen LogP contribution in [0.2, 0.25) is 0 Å². The molecule has 0 spiro atoms. The summed E-state index contributed by atoms with van der Waals surface area (Å²) in [5, 5.41) is 2.49. The molecule has 0 unspecified atom stereocenters. The fourth-order valence-corrected chi connectivity index (χ4v) is 3.35. The van der Waals surface area contributed by atoms with Gasteiger partial charge in [0.05, 0.1) is 12.2 Å². The Kier molecular flexibility index (Phi) is 10.1. The van der Waals surface area contributed by atoms with Crippen molar-refractivity contribution in [2.45, 2.75) is 26.2 Å². The zero-order valence-corrected chi connectivity index (χ0v) is 20.4. The molecule has 0 radical (unpaired) electrons. The molecule has 3 aromatic carbocycles. The number of hydrogen-bond donors (Lipinski definition) is 3. The smallest absolute Gasteiger partial charge is 0.276 e. The number of nitrogens with one attached hydrogen (secondary N) is 3. The van der Waals surface area contributed by atoms with Crippen LogP contribution in [0.4, 0.5) is 0 Å². The van der Waals surface area contributed by atoms with Gasteiger partial charge in [0.2, 0.25) is 0 Å². The first-order valence-corrected chi connectivity index (χ1v) is 11.9. The lowest BCUT2D eigenvalue weighted by Crippen LogP contribution is -2.49. The highest BCUT2D eigenvalue weighted by Crippen LogP contribution is 2.22. The van der Waals surface area contributed by atoms with Crippen molar-refractivity contribution in [2.24, 2.45) is 0 Å². The number of para-hydroxylation sites is 1. The Labute approximate surface area is 210 Å². The van der Waals surface area contributed by atoms with Gasteiger partial charge in [0.25, 0.3) is 11.8 Å². The summed E-state index contributed by atoms with van der Waals surface area (Å²) in [4.78, 5) is 24.7. The first kappa shape index (κ1) is 25.7. The number of amides is 2. The molecule has 3 aromatic rings. The monoisotopic (exact) mass is 491 g/mol. The second-order valence-electron chi connectivity index (χ2n) is 7.69. The predicted octanol–water partition coefficient (Wildman–Crippen LogP) is 4.64. The molecule has 0 aliphatic carbocycles. The topological polar surface area (TPSA) is 88.7 Å². The van der Waals surface area contributed by atoms with Gasteiger partial charge in [-0.05, 0) is 54.0 Å². The Balaban J connectivity index is 1.41. The van der Waals surface area contributed by atoms with Gasteiger partial charge in [-0.1, -0.05) is 74.4 Å². The molecule has 0 aromatic heterocycles.